The molecule has 0 amide bonds. The summed E-state index contributed by atoms with van der Waals surface area (Å²) in [5.41, 5.74) is -1.69. The normalized spacial score (nSPS) is 12.1. The number of nitrogens with one attached hydrogen (secondary N) is 1. The lowest BCUT2D eigenvalue weighted by atomic mass is 10.3. The van der Waals surface area contributed by atoms with Crippen molar-refractivity contribution in [2.75, 3.05) is 0 Å². The summed E-state index contributed by atoms with van der Waals surface area (Å²) in [5.74, 6) is 0. The van der Waals surface area contributed by atoms with Gasteiger partial charge in [0.1, 0.15) is 0 Å². The molecule has 0 atom stereocenters. The summed E-state index contributed by atoms with van der Waals surface area (Å²) < 4.78 is 45.9. The predicted octanol–water partition coefficient (Wildman–Crippen LogP) is 0.722. The summed E-state index contributed by atoms with van der Waals surface area (Å²) >= 11 is 2.62. The van der Waals surface area contributed by atoms with Crippen LogP contribution in [0.25, 0.3) is 0 Å². The third-order valence-corrected chi connectivity index (χ3v) is 3.17. The average Bonchev–Trinajstić information content (AvgIpc) is 2.06. The molecule has 0 aromatic carbocycles. The molecule has 1 aromatic heterocycles. The summed E-state index contributed by atoms with van der Waals surface area (Å²) in [6.07, 6.45) is -2.97. The Kier molecular flexibility index (Phi) is 3.26. The Morgan fingerprint density at radius 3 is 2.40 bits per heavy atom. The van der Waals surface area contributed by atoms with Crippen molar-refractivity contribution in [1.82, 2.24) is 4.98 Å². The van der Waals surface area contributed by atoms with Crippen LogP contribution in [0.1, 0.15) is 12.0 Å². The Labute approximate surface area is 91.5 Å². The number of pyridine rings is 1. The monoisotopic (exact) mass is 302 g/mol. The summed E-state index contributed by atoms with van der Waals surface area (Å²) in [4.78, 5) is 12.9. The largest absolute Gasteiger partial charge is 0.311 e. The first kappa shape index (κ1) is 12.3. The van der Waals surface area contributed by atoms with Gasteiger partial charge >= 0.3 is 0 Å². The Morgan fingerprint density at radius 2 is 2.00 bits per heavy atom. The lowest BCUT2D eigenvalue weighted by Gasteiger charge is -2.04. The van der Waals surface area contributed by atoms with E-state index in [-0.39, 0.29) is 0 Å². The van der Waals surface area contributed by atoms with E-state index < -0.39 is 37.1 Å². The maximum Gasteiger partial charge on any atom is 0.265 e. The van der Waals surface area contributed by atoms with Gasteiger partial charge < -0.3 is 4.98 Å². The number of halogens is 3. The average molecular weight is 303 g/mol. The SMILES string of the molecule is NS(=O)(=O)c1cc(C(F)F)c(Br)c(=O)[nH]1. The Hall–Kier alpha value is -0.800. The predicted molar refractivity (Wildman–Crippen MR) is 51.1 cm³/mol. The number of hydrogen-bond acceptors (Lipinski definition) is 3. The summed E-state index contributed by atoms with van der Waals surface area (Å²) in [5, 5.41) is 3.94. The number of primary sulfonamides is 1. The minimum Gasteiger partial charge on any atom is -0.311 e. The Morgan fingerprint density at radius 1 is 1.47 bits per heavy atom. The van der Waals surface area contributed by atoms with Crippen molar-refractivity contribution in [1.29, 1.82) is 0 Å². The highest BCUT2D eigenvalue weighted by Gasteiger charge is 2.19. The molecular weight excluding hydrogens is 298 g/mol. The van der Waals surface area contributed by atoms with E-state index in [1.54, 1.807) is 0 Å². The quantitative estimate of drug-likeness (QED) is 0.843. The molecule has 0 bridgehead atoms. The van der Waals surface area contributed by atoms with Crippen molar-refractivity contribution in [3.8, 4) is 0 Å². The molecule has 1 aromatic rings. The maximum atomic E-state index is 12.4. The second-order valence-corrected chi connectivity index (χ2v) is 4.90. The Bertz CT molecular complexity index is 540. The molecule has 0 saturated carbocycles. The van der Waals surface area contributed by atoms with Crippen LogP contribution in [0.3, 0.4) is 0 Å². The smallest absolute Gasteiger partial charge is 0.265 e. The minimum atomic E-state index is -4.21. The zero-order valence-corrected chi connectivity index (χ0v) is 9.40. The van der Waals surface area contributed by atoms with E-state index in [9.17, 15) is 22.0 Å². The first-order valence-electron chi connectivity index (χ1n) is 3.47. The summed E-state index contributed by atoms with van der Waals surface area (Å²) in [6, 6.07) is 0.617. The topological polar surface area (TPSA) is 93.0 Å². The van der Waals surface area contributed by atoms with Crippen molar-refractivity contribution in [2.24, 2.45) is 5.14 Å². The molecule has 84 valence electrons. The fourth-order valence-corrected chi connectivity index (χ4v) is 1.76. The maximum absolute atomic E-state index is 12.4. The van der Waals surface area contributed by atoms with Gasteiger partial charge in [0.2, 0.25) is 0 Å². The lowest BCUT2D eigenvalue weighted by Crippen LogP contribution is -2.20. The van der Waals surface area contributed by atoms with Crippen molar-refractivity contribution in [3.05, 3.63) is 26.5 Å². The fourth-order valence-electron chi connectivity index (χ4n) is 0.851. The molecule has 0 aliphatic rings. The number of aromatic nitrogens is 1. The number of sulfonamides is 1. The standard InChI is InChI=1S/C6H5BrF2N2O3S/c7-4-2(5(8)9)1-3(11-6(4)12)15(10,13)14/h1,5H,(H,11,12)(H2,10,13,14). The van der Waals surface area contributed by atoms with E-state index in [0.29, 0.717) is 6.07 Å². The molecule has 3 N–H and O–H groups in total. The number of rotatable bonds is 2. The van der Waals surface area contributed by atoms with E-state index in [1.807, 2.05) is 4.98 Å². The van der Waals surface area contributed by atoms with Crippen LogP contribution >= 0.6 is 15.9 Å². The first-order valence-corrected chi connectivity index (χ1v) is 5.81. The molecular formula is C6H5BrF2N2O3S. The van der Waals surface area contributed by atoms with Gasteiger partial charge in [0.05, 0.1) is 4.47 Å². The molecule has 1 heterocycles. The number of aromatic amines is 1. The summed E-state index contributed by atoms with van der Waals surface area (Å²) in [7, 11) is -4.21. The zero-order valence-electron chi connectivity index (χ0n) is 7.00. The number of alkyl halides is 2. The van der Waals surface area contributed by atoms with Crippen LogP contribution in [0.15, 0.2) is 20.4 Å². The van der Waals surface area contributed by atoms with Gasteiger partial charge in [0, 0.05) is 5.56 Å². The van der Waals surface area contributed by atoms with E-state index >= 15 is 0 Å². The van der Waals surface area contributed by atoms with Crippen LogP contribution < -0.4 is 10.7 Å². The molecule has 0 fully saturated rings. The zero-order chi connectivity index (χ0) is 11.8. The third-order valence-electron chi connectivity index (χ3n) is 1.52. The van der Waals surface area contributed by atoms with Crippen LogP contribution in [-0.2, 0) is 10.0 Å². The molecule has 0 radical (unpaired) electrons. The van der Waals surface area contributed by atoms with Gasteiger partial charge in [0.15, 0.2) is 5.03 Å². The molecule has 0 aliphatic carbocycles. The second-order valence-electron chi connectivity index (χ2n) is 2.58. The molecule has 0 unspecified atom stereocenters. The van der Waals surface area contributed by atoms with Crippen LogP contribution in [0.4, 0.5) is 8.78 Å². The van der Waals surface area contributed by atoms with Crippen molar-refractivity contribution in [2.45, 2.75) is 11.5 Å². The number of nitrogens with two attached hydrogens (primary N) is 1. The first-order chi connectivity index (χ1) is 6.73. The fraction of sp³-hybridized carbons (Fsp3) is 0.167. The van der Waals surface area contributed by atoms with Crippen LogP contribution in [0.2, 0.25) is 0 Å². The van der Waals surface area contributed by atoms with Crippen LogP contribution in [0, 0.1) is 0 Å². The van der Waals surface area contributed by atoms with Gasteiger partial charge in [-0.15, -0.1) is 0 Å². The molecule has 9 heteroatoms. The highest BCUT2D eigenvalue weighted by Crippen LogP contribution is 2.25. The highest BCUT2D eigenvalue weighted by molar-refractivity contribution is 9.10. The highest BCUT2D eigenvalue weighted by atomic mass is 79.9. The number of H-pyrrole nitrogens is 1. The van der Waals surface area contributed by atoms with Gasteiger partial charge in [-0.1, -0.05) is 0 Å². The lowest BCUT2D eigenvalue weighted by molar-refractivity contribution is 0.150. The summed E-state index contributed by atoms with van der Waals surface area (Å²) in [6.45, 7) is 0. The van der Waals surface area contributed by atoms with E-state index in [4.69, 9.17) is 0 Å². The molecule has 1 rings (SSSR count). The van der Waals surface area contributed by atoms with Gasteiger partial charge in [-0.05, 0) is 22.0 Å². The van der Waals surface area contributed by atoms with Gasteiger partial charge in [-0.25, -0.2) is 22.3 Å². The molecule has 0 spiro atoms. The van der Waals surface area contributed by atoms with Gasteiger partial charge in [-0.2, -0.15) is 0 Å². The van der Waals surface area contributed by atoms with Crippen molar-refractivity contribution >= 4 is 26.0 Å². The van der Waals surface area contributed by atoms with Crippen LogP contribution in [-0.4, -0.2) is 13.4 Å². The number of hydrogen-bond donors (Lipinski definition) is 2. The minimum absolute atomic E-state index is 0.412. The molecule has 0 saturated heterocycles. The van der Waals surface area contributed by atoms with Crippen molar-refractivity contribution in [3.63, 3.8) is 0 Å². The van der Waals surface area contributed by atoms with Crippen LogP contribution in [0.5, 0.6) is 0 Å². The van der Waals surface area contributed by atoms with E-state index in [2.05, 4.69) is 21.1 Å². The Balaban J connectivity index is 3.58. The van der Waals surface area contributed by atoms with E-state index in [0.717, 1.165) is 0 Å². The third kappa shape index (κ3) is 2.61. The second kappa shape index (κ2) is 3.99. The van der Waals surface area contributed by atoms with Gasteiger partial charge in [0.25, 0.3) is 22.0 Å². The molecule has 5 nitrogen and oxygen atoms in total. The van der Waals surface area contributed by atoms with Crippen molar-refractivity contribution < 1.29 is 17.2 Å². The molecule has 15 heavy (non-hydrogen) atoms. The van der Waals surface area contributed by atoms with E-state index in [1.165, 1.54) is 0 Å². The van der Waals surface area contributed by atoms with Gasteiger partial charge in [-0.3, -0.25) is 4.79 Å². The molecule has 0 aliphatic heterocycles.